The minimum atomic E-state index is -0.781. The van der Waals surface area contributed by atoms with Crippen LogP contribution in [-0.4, -0.2) is 29.2 Å². The highest BCUT2D eigenvalue weighted by molar-refractivity contribution is 5.79. The van der Waals surface area contributed by atoms with Gasteiger partial charge in [-0.1, -0.05) is 20.8 Å². The maximum atomic E-state index is 10.9. The van der Waals surface area contributed by atoms with Crippen LogP contribution in [0.2, 0.25) is 0 Å². The number of aliphatic hydroxyl groups is 1. The average molecular weight is 216 g/mol. The van der Waals surface area contributed by atoms with Crippen LogP contribution in [0, 0.1) is 5.92 Å². The number of nitrogens with two attached hydrogens (primary N) is 1. The maximum absolute atomic E-state index is 10.9. The van der Waals surface area contributed by atoms with E-state index in [1.54, 1.807) is 6.92 Å². The molecule has 0 aromatic carbocycles. The molecule has 0 saturated carbocycles. The molecule has 0 fully saturated rings. The predicted molar refractivity (Wildman–Crippen MR) is 61.4 cm³/mol. The summed E-state index contributed by atoms with van der Waals surface area (Å²) < 4.78 is 0. The Morgan fingerprint density at radius 1 is 1.53 bits per heavy atom. The fourth-order valence-corrected chi connectivity index (χ4v) is 1.74. The lowest BCUT2D eigenvalue weighted by atomic mass is 9.94. The molecule has 0 aliphatic carbocycles. The van der Waals surface area contributed by atoms with Gasteiger partial charge in [0.15, 0.2) is 0 Å². The summed E-state index contributed by atoms with van der Waals surface area (Å²) in [6.45, 7) is 8.17. The second-order valence-electron chi connectivity index (χ2n) is 4.84. The molecule has 0 heterocycles. The zero-order chi connectivity index (χ0) is 12.1. The van der Waals surface area contributed by atoms with E-state index in [9.17, 15) is 9.90 Å². The maximum Gasteiger partial charge on any atom is 0.234 e. The Hall–Kier alpha value is -0.610. The van der Waals surface area contributed by atoms with Crippen molar-refractivity contribution in [3.63, 3.8) is 0 Å². The molecule has 15 heavy (non-hydrogen) atoms. The van der Waals surface area contributed by atoms with Gasteiger partial charge in [-0.2, -0.15) is 0 Å². The van der Waals surface area contributed by atoms with Gasteiger partial charge in [-0.25, -0.2) is 0 Å². The molecule has 0 aromatic heterocycles. The Balaban J connectivity index is 4.06. The van der Waals surface area contributed by atoms with Crippen LogP contribution in [0.5, 0.6) is 0 Å². The van der Waals surface area contributed by atoms with E-state index in [4.69, 9.17) is 5.73 Å². The van der Waals surface area contributed by atoms with Gasteiger partial charge in [-0.05, 0) is 25.7 Å². The molecule has 0 saturated heterocycles. The van der Waals surface area contributed by atoms with Gasteiger partial charge in [-0.15, -0.1) is 0 Å². The zero-order valence-electron chi connectivity index (χ0n) is 10.2. The van der Waals surface area contributed by atoms with Gasteiger partial charge >= 0.3 is 0 Å². The SMILES string of the molecule is CCC(NCC(C)(O)CC(C)C)C(N)=O. The summed E-state index contributed by atoms with van der Waals surface area (Å²) in [4.78, 5) is 10.9. The third kappa shape index (κ3) is 6.47. The third-order valence-corrected chi connectivity index (χ3v) is 2.33. The average Bonchev–Trinajstić information content (AvgIpc) is 2.01. The quantitative estimate of drug-likeness (QED) is 0.584. The number of amides is 1. The van der Waals surface area contributed by atoms with Crippen molar-refractivity contribution in [2.24, 2.45) is 11.7 Å². The Morgan fingerprint density at radius 2 is 2.07 bits per heavy atom. The second-order valence-corrected chi connectivity index (χ2v) is 4.84. The van der Waals surface area contributed by atoms with Crippen LogP contribution in [0.25, 0.3) is 0 Å². The summed E-state index contributed by atoms with van der Waals surface area (Å²) in [6.07, 6.45) is 1.35. The summed E-state index contributed by atoms with van der Waals surface area (Å²) >= 11 is 0. The first-order chi connectivity index (χ1) is 6.78. The first-order valence-electron chi connectivity index (χ1n) is 5.53. The van der Waals surface area contributed by atoms with Crippen LogP contribution in [0.3, 0.4) is 0 Å². The topological polar surface area (TPSA) is 75.3 Å². The van der Waals surface area contributed by atoms with E-state index in [1.165, 1.54) is 0 Å². The molecule has 2 atom stereocenters. The molecule has 0 aromatic rings. The van der Waals surface area contributed by atoms with Crippen LogP contribution < -0.4 is 11.1 Å². The Kier molecular flexibility index (Phi) is 5.83. The smallest absolute Gasteiger partial charge is 0.234 e. The normalized spacial score (nSPS) is 17.5. The van der Waals surface area contributed by atoms with Crippen molar-refractivity contribution >= 4 is 5.91 Å². The van der Waals surface area contributed by atoms with Gasteiger partial charge < -0.3 is 16.2 Å². The van der Waals surface area contributed by atoms with Gasteiger partial charge in [0.1, 0.15) is 0 Å². The molecule has 4 heteroatoms. The molecular formula is C11H24N2O2. The van der Waals surface area contributed by atoms with E-state index >= 15 is 0 Å². The number of carbonyl (C=O) groups excluding carboxylic acids is 1. The van der Waals surface area contributed by atoms with Crippen LogP contribution in [0.1, 0.15) is 40.5 Å². The van der Waals surface area contributed by atoms with E-state index in [0.717, 1.165) is 0 Å². The highest BCUT2D eigenvalue weighted by atomic mass is 16.3. The second kappa shape index (κ2) is 6.08. The molecule has 0 spiro atoms. The lowest BCUT2D eigenvalue weighted by molar-refractivity contribution is -0.120. The van der Waals surface area contributed by atoms with Crippen LogP contribution in [0.4, 0.5) is 0 Å². The van der Waals surface area contributed by atoms with E-state index in [0.29, 0.717) is 25.3 Å². The first-order valence-corrected chi connectivity index (χ1v) is 5.53. The summed E-state index contributed by atoms with van der Waals surface area (Å²) in [6, 6.07) is -0.344. The molecular weight excluding hydrogens is 192 g/mol. The van der Waals surface area contributed by atoms with Crippen molar-refractivity contribution in [2.45, 2.75) is 52.2 Å². The molecule has 0 bridgehead atoms. The number of hydrogen-bond acceptors (Lipinski definition) is 3. The molecule has 4 nitrogen and oxygen atoms in total. The minimum absolute atomic E-state index is 0.344. The molecule has 0 rings (SSSR count). The fraction of sp³-hybridized carbons (Fsp3) is 0.909. The molecule has 90 valence electrons. The van der Waals surface area contributed by atoms with Crippen LogP contribution >= 0.6 is 0 Å². The van der Waals surface area contributed by atoms with Gasteiger partial charge in [0.25, 0.3) is 0 Å². The van der Waals surface area contributed by atoms with Gasteiger partial charge in [0, 0.05) is 6.54 Å². The van der Waals surface area contributed by atoms with E-state index in [2.05, 4.69) is 19.2 Å². The number of nitrogens with one attached hydrogen (secondary N) is 1. The molecule has 2 unspecified atom stereocenters. The van der Waals surface area contributed by atoms with E-state index < -0.39 is 5.60 Å². The molecule has 1 amide bonds. The number of carbonyl (C=O) groups is 1. The van der Waals surface area contributed by atoms with Crippen molar-refractivity contribution < 1.29 is 9.90 Å². The number of primary amides is 1. The Morgan fingerprint density at radius 3 is 2.40 bits per heavy atom. The lowest BCUT2D eigenvalue weighted by Crippen LogP contribution is -2.48. The van der Waals surface area contributed by atoms with Crippen molar-refractivity contribution in [1.82, 2.24) is 5.32 Å². The first kappa shape index (κ1) is 14.4. The summed E-state index contributed by atoms with van der Waals surface area (Å²) in [5.74, 6) is 0.0632. The van der Waals surface area contributed by atoms with E-state index in [-0.39, 0.29) is 11.9 Å². The van der Waals surface area contributed by atoms with Crippen molar-refractivity contribution in [1.29, 1.82) is 0 Å². The third-order valence-electron chi connectivity index (χ3n) is 2.33. The summed E-state index contributed by atoms with van der Waals surface area (Å²) in [5.41, 5.74) is 4.41. The molecule has 0 radical (unpaired) electrons. The Labute approximate surface area is 92.2 Å². The van der Waals surface area contributed by atoms with Gasteiger partial charge in [0.05, 0.1) is 11.6 Å². The zero-order valence-corrected chi connectivity index (χ0v) is 10.2. The largest absolute Gasteiger partial charge is 0.389 e. The van der Waals surface area contributed by atoms with Crippen LogP contribution in [-0.2, 0) is 4.79 Å². The number of hydrogen-bond donors (Lipinski definition) is 3. The number of rotatable bonds is 7. The monoisotopic (exact) mass is 216 g/mol. The summed E-state index contributed by atoms with van der Waals surface area (Å²) in [5, 5.41) is 13.0. The molecule has 0 aliphatic heterocycles. The predicted octanol–water partition coefficient (Wildman–Crippen LogP) is 0.637. The molecule has 4 N–H and O–H groups in total. The van der Waals surface area contributed by atoms with Crippen molar-refractivity contribution in [2.75, 3.05) is 6.54 Å². The summed E-state index contributed by atoms with van der Waals surface area (Å²) in [7, 11) is 0. The van der Waals surface area contributed by atoms with Gasteiger partial charge in [0.2, 0.25) is 5.91 Å². The minimum Gasteiger partial charge on any atom is -0.389 e. The van der Waals surface area contributed by atoms with Crippen molar-refractivity contribution in [3.8, 4) is 0 Å². The highest BCUT2D eigenvalue weighted by Crippen LogP contribution is 2.15. The van der Waals surface area contributed by atoms with Crippen molar-refractivity contribution in [3.05, 3.63) is 0 Å². The van der Waals surface area contributed by atoms with Crippen LogP contribution in [0.15, 0.2) is 0 Å². The Bertz CT molecular complexity index is 203. The highest BCUT2D eigenvalue weighted by Gasteiger charge is 2.23. The molecule has 0 aliphatic rings. The van der Waals surface area contributed by atoms with E-state index in [1.807, 2.05) is 6.92 Å². The standard InChI is InChI=1S/C11H24N2O2/c1-5-9(10(12)14)13-7-11(4,15)6-8(2)3/h8-9,13,15H,5-7H2,1-4H3,(H2,12,14). The van der Waals surface area contributed by atoms with Gasteiger partial charge in [-0.3, -0.25) is 4.79 Å². The fourth-order valence-electron chi connectivity index (χ4n) is 1.74. The lowest BCUT2D eigenvalue weighted by Gasteiger charge is -2.27.